The molecule has 0 saturated heterocycles. The minimum atomic E-state index is -1.19. The Hall–Kier alpha value is -2.94. The average Bonchev–Trinajstić information content (AvgIpc) is 2.65. The summed E-state index contributed by atoms with van der Waals surface area (Å²) >= 11 is 0. The number of nitrogens with two attached hydrogens (primary N) is 1. The molecular formula is C19H28N4O5. The van der Waals surface area contributed by atoms with Crippen molar-refractivity contribution in [1.29, 1.82) is 0 Å². The molecule has 0 aliphatic carbocycles. The van der Waals surface area contributed by atoms with Gasteiger partial charge in [0.05, 0.1) is 6.54 Å². The van der Waals surface area contributed by atoms with E-state index in [2.05, 4.69) is 16.0 Å². The molecule has 3 amide bonds. The van der Waals surface area contributed by atoms with Crippen LogP contribution >= 0.6 is 0 Å². The van der Waals surface area contributed by atoms with E-state index in [0.29, 0.717) is 6.42 Å². The Morgan fingerprint density at radius 2 is 1.64 bits per heavy atom. The number of nitrogens with one attached hydrogen (secondary N) is 3. The highest BCUT2D eigenvalue weighted by molar-refractivity contribution is 5.93. The molecular weight excluding hydrogens is 364 g/mol. The van der Waals surface area contributed by atoms with Gasteiger partial charge in [-0.25, -0.2) is 0 Å². The van der Waals surface area contributed by atoms with E-state index in [1.165, 1.54) is 0 Å². The van der Waals surface area contributed by atoms with Gasteiger partial charge in [-0.3, -0.25) is 19.2 Å². The van der Waals surface area contributed by atoms with Gasteiger partial charge in [0.15, 0.2) is 0 Å². The van der Waals surface area contributed by atoms with Crippen molar-refractivity contribution in [2.24, 2.45) is 11.7 Å². The van der Waals surface area contributed by atoms with Crippen molar-refractivity contribution in [2.45, 2.75) is 38.8 Å². The molecule has 2 atom stereocenters. The SMILES string of the molecule is CC(C)CC(NC(=O)CN)C(=O)NC(Cc1ccccc1)C(=O)NCC(=O)O. The number of hydrogen-bond acceptors (Lipinski definition) is 5. The van der Waals surface area contributed by atoms with Crippen molar-refractivity contribution in [1.82, 2.24) is 16.0 Å². The van der Waals surface area contributed by atoms with Crippen LogP contribution in [0.4, 0.5) is 0 Å². The fourth-order valence-corrected chi connectivity index (χ4v) is 2.57. The molecule has 0 radical (unpaired) electrons. The molecule has 9 heteroatoms. The zero-order chi connectivity index (χ0) is 21.1. The summed E-state index contributed by atoms with van der Waals surface area (Å²) in [5.41, 5.74) is 6.10. The summed E-state index contributed by atoms with van der Waals surface area (Å²) in [5.74, 6) is -2.70. The predicted molar refractivity (Wildman–Crippen MR) is 103 cm³/mol. The monoisotopic (exact) mass is 392 g/mol. The molecule has 0 aliphatic rings. The summed E-state index contributed by atoms with van der Waals surface area (Å²) in [6.45, 7) is 2.99. The molecule has 0 spiro atoms. The Balaban J connectivity index is 2.93. The fourth-order valence-electron chi connectivity index (χ4n) is 2.57. The van der Waals surface area contributed by atoms with Crippen LogP contribution in [0.5, 0.6) is 0 Å². The van der Waals surface area contributed by atoms with Crippen LogP contribution in [0.3, 0.4) is 0 Å². The van der Waals surface area contributed by atoms with Crippen LogP contribution in [0.1, 0.15) is 25.8 Å². The van der Waals surface area contributed by atoms with E-state index >= 15 is 0 Å². The molecule has 1 aromatic rings. The summed E-state index contributed by atoms with van der Waals surface area (Å²) in [6.07, 6.45) is 0.545. The van der Waals surface area contributed by atoms with Crippen LogP contribution in [0.2, 0.25) is 0 Å². The smallest absolute Gasteiger partial charge is 0.322 e. The molecule has 0 aromatic heterocycles. The number of amides is 3. The fraction of sp³-hybridized carbons (Fsp3) is 0.474. The van der Waals surface area contributed by atoms with Gasteiger partial charge in [-0.1, -0.05) is 44.2 Å². The van der Waals surface area contributed by atoms with Gasteiger partial charge in [0.1, 0.15) is 18.6 Å². The average molecular weight is 392 g/mol. The van der Waals surface area contributed by atoms with E-state index < -0.39 is 42.3 Å². The van der Waals surface area contributed by atoms with Crippen LogP contribution in [0.25, 0.3) is 0 Å². The maximum absolute atomic E-state index is 12.7. The van der Waals surface area contributed by atoms with E-state index in [-0.39, 0.29) is 18.9 Å². The summed E-state index contributed by atoms with van der Waals surface area (Å²) in [7, 11) is 0. The predicted octanol–water partition coefficient (Wildman–Crippen LogP) is -0.596. The van der Waals surface area contributed by atoms with E-state index in [4.69, 9.17) is 10.8 Å². The number of carboxylic acids is 1. The molecule has 1 rings (SSSR count). The molecule has 0 aliphatic heterocycles. The number of carbonyl (C=O) groups is 4. The van der Waals surface area contributed by atoms with Crippen molar-refractivity contribution in [3.63, 3.8) is 0 Å². The van der Waals surface area contributed by atoms with E-state index in [0.717, 1.165) is 5.56 Å². The van der Waals surface area contributed by atoms with Crippen molar-refractivity contribution >= 4 is 23.7 Å². The standard InChI is InChI=1S/C19H28N4O5/c1-12(2)8-14(22-16(24)10-20)19(28)23-15(18(27)21-11-17(25)26)9-13-6-4-3-5-7-13/h3-7,12,14-15H,8-11,20H2,1-2H3,(H,21,27)(H,22,24)(H,23,28)(H,25,26). The molecule has 0 heterocycles. The molecule has 1 aromatic carbocycles. The van der Waals surface area contributed by atoms with E-state index in [9.17, 15) is 19.2 Å². The van der Waals surface area contributed by atoms with Crippen LogP contribution in [0.15, 0.2) is 30.3 Å². The van der Waals surface area contributed by atoms with E-state index in [1.54, 1.807) is 24.3 Å². The van der Waals surface area contributed by atoms with Crippen molar-refractivity contribution in [3.05, 3.63) is 35.9 Å². The highest BCUT2D eigenvalue weighted by Crippen LogP contribution is 2.08. The summed E-state index contributed by atoms with van der Waals surface area (Å²) in [5, 5.41) is 16.2. The minimum Gasteiger partial charge on any atom is -0.480 e. The van der Waals surface area contributed by atoms with Gasteiger partial charge in [-0.15, -0.1) is 0 Å². The Morgan fingerprint density at radius 3 is 2.18 bits per heavy atom. The first kappa shape index (κ1) is 23.1. The minimum absolute atomic E-state index is 0.113. The maximum atomic E-state index is 12.7. The second kappa shape index (κ2) is 11.7. The lowest BCUT2D eigenvalue weighted by atomic mass is 10.0. The number of carboxylic acid groups (broad SMARTS) is 1. The van der Waals surface area contributed by atoms with Gasteiger partial charge in [0.25, 0.3) is 0 Å². The maximum Gasteiger partial charge on any atom is 0.322 e. The van der Waals surface area contributed by atoms with Crippen LogP contribution in [0, 0.1) is 5.92 Å². The Labute approximate surface area is 164 Å². The third kappa shape index (κ3) is 8.63. The second-order valence-corrected chi connectivity index (χ2v) is 6.82. The number of rotatable bonds is 11. The molecule has 0 saturated carbocycles. The number of carbonyl (C=O) groups excluding carboxylic acids is 3. The molecule has 0 bridgehead atoms. The molecule has 2 unspecified atom stereocenters. The first-order valence-electron chi connectivity index (χ1n) is 9.06. The molecule has 0 fully saturated rings. The second-order valence-electron chi connectivity index (χ2n) is 6.82. The van der Waals surface area contributed by atoms with E-state index in [1.807, 2.05) is 19.9 Å². The summed E-state index contributed by atoms with van der Waals surface area (Å²) in [4.78, 5) is 47.5. The van der Waals surface area contributed by atoms with Gasteiger partial charge in [0, 0.05) is 6.42 Å². The van der Waals surface area contributed by atoms with Crippen LogP contribution in [-0.4, -0.2) is 54.0 Å². The first-order valence-corrected chi connectivity index (χ1v) is 9.06. The van der Waals surface area contributed by atoms with Gasteiger partial charge in [0.2, 0.25) is 17.7 Å². The van der Waals surface area contributed by atoms with Crippen LogP contribution in [-0.2, 0) is 25.6 Å². The molecule has 6 N–H and O–H groups in total. The third-order valence-corrected chi connectivity index (χ3v) is 3.87. The zero-order valence-electron chi connectivity index (χ0n) is 16.1. The van der Waals surface area contributed by atoms with Crippen LogP contribution < -0.4 is 21.7 Å². The first-order chi connectivity index (χ1) is 13.2. The summed E-state index contributed by atoms with van der Waals surface area (Å²) in [6, 6.07) is 7.18. The summed E-state index contributed by atoms with van der Waals surface area (Å²) < 4.78 is 0. The normalized spacial score (nSPS) is 12.7. The Kier molecular flexibility index (Phi) is 9.66. The Morgan fingerprint density at radius 1 is 1.00 bits per heavy atom. The lowest BCUT2D eigenvalue weighted by molar-refractivity contribution is -0.138. The van der Waals surface area contributed by atoms with Crippen molar-refractivity contribution in [2.75, 3.05) is 13.1 Å². The number of benzene rings is 1. The van der Waals surface area contributed by atoms with Gasteiger partial charge in [-0.2, -0.15) is 0 Å². The van der Waals surface area contributed by atoms with Crippen molar-refractivity contribution < 1.29 is 24.3 Å². The lowest BCUT2D eigenvalue weighted by Crippen LogP contribution is -2.55. The van der Waals surface area contributed by atoms with Gasteiger partial charge < -0.3 is 26.8 Å². The highest BCUT2D eigenvalue weighted by atomic mass is 16.4. The molecule has 28 heavy (non-hydrogen) atoms. The Bertz CT molecular complexity index is 678. The highest BCUT2D eigenvalue weighted by Gasteiger charge is 2.27. The van der Waals surface area contributed by atoms with Gasteiger partial charge in [-0.05, 0) is 17.9 Å². The van der Waals surface area contributed by atoms with Gasteiger partial charge >= 0.3 is 5.97 Å². The van der Waals surface area contributed by atoms with Crippen molar-refractivity contribution in [3.8, 4) is 0 Å². The lowest BCUT2D eigenvalue weighted by Gasteiger charge is -2.24. The number of hydrogen-bond donors (Lipinski definition) is 5. The molecule has 154 valence electrons. The largest absolute Gasteiger partial charge is 0.480 e. The topological polar surface area (TPSA) is 151 Å². The number of aliphatic carboxylic acids is 1. The quantitative estimate of drug-likeness (QED) is 0.339. The molecule has 9 nitrogen and oxygen atoms in total. The zero-order valence-corrected chi connectivity index (χ0v) is 16.1. The third-order valence-electron chi connectivity index (χ3n) is 3.87.